The molecule has 0 spiro atoms. The van der Waals surface area contributed by atoms with Crippen molar-refractivity contribution in [3.8, 4) is 6.07 Å². The zero-order valence-corrected chi connectivity index (χ0v) is 17.8. The molecule has 0 aromatic carbocycles. The van der Waals surface area contributed by atoms with Gasteiger partial charge in [0, 0.05) is 24.8 Å². The van der Waals surface area contributed by atoms with Crippen LogP contribution < -0.4 is 5.32 Å². The molecule has 146 valence electrons. The predicted octanol–water partition coefficient (Wildman–Crippen LogP) is 4.53. The molecule has 2 aliphatic rings. The number of carbonyl (C=O) groups is 1. The van der Waals surface area contributed by atoms with Crippen LogP contribution in [0.2, 0.25) is 0 Å². The SMILES string of the molecule is Cc1c(C#N)c(NC(=O)CSC(=S)N2CCCC2)n(C2CCCCC2)c1C. The molecule has 5 nitrogen and oxygen atoms in total. The fourth-order valence-corrected chi connectivity index (χ4v) is 5.22. The number of amides is 1. The smallest absolute Gasteiger partial charge is 0.235 e. The molecule has 7 heteroatoms. The van der Waals surface area contributed by atoms with E-state index in [0.717, 1.165) is 41.5 Å². The highest BCUT2D eigenvalue weighted by molar-refractivity contribution is 8.23. The molecule has 1 aromatic heterocycles. The van der Waals surface area contributed by atoms with Crippen LogP contribution in [0.1, 0.15) is 67.8 Å². The molecular formula is C20H28N4OS2. The summed E-state index contributed by atoms with van der Waals surface area (Å²) in [5.41, 5.74) is 2.66. The van der Waals surface area contributed by atoms with Crippen LogP contribution in [0.5, 0.6) is 0 Å². The molecule has 0 atom stereocenters. The van der Waals surface area contributed by atoms with Crippen LogP contribution in [0.15, 0.2) is 0 Å². The Kier molecular flexibility index (Phi) is 6.83. The van der Waals surface area contributed by atoms with Gasteiger partial charge in [0.05, 0.1) is 11.3 Å². The van der Waals surface area contributed by atoms with Crippen LogP contribution in [-0.4, -0.2) is 38.5 Å². The number of aromatic nitrogens is 1. The molecule has 0 bridgehead atoms. The summed E-state index contributed by atoms with van der Waals surface area (Å²) in [5, 5.41) is 12.7. The van der Waals surface area contributed by atoms with Crippen molar-refractivity contribution < 1.29 is 4.79 Å². The van der Waals surface area contributed by atoms with E-state index in [9.17, 15) is 10.1 Å². The standard InChI is InChI=1S/C20H28N4OS2/c1-14-15(2)24(16-8-4-3-5-9-16)19(17(14)12-21)22-18(25)13-27-20(26)23-10-6-7-11-23/h16H,3-11,13H2,1-2H3,(H,22,25). The highest BCUT2D eigenvalue weighted by Gasteiger charge is 2.26. The zero-order valence-electron chi connectivity index (χ0n) is 16.2. The number of likely N-dealkylation sites (tertiary alicyclic amines) is 1. The molecule has 0 radical (unpaired) electrons. The first-order valence-corrected chi connectivity index (χ1v) is 11.3. The van der Waals surface area contributed by atoms with E-state index in [1.165, 1.54) is 43.9 Å². The number of anilines is 1. The fraction of sp³-hybridized carbons (Fsp3) is 0.650. The second-order valence-corrected chi connectivity index (χ2v) is 9.11. The van der Waals surface area contributed by atoms with Gasteiger partial charge in [-0.1, -0.05) is 43.2 Å². The Morgan fingerprint density at radius 3 is 2.52 bits per heavy atom. The monoisotopic (exact) mass is 404 g/mol. The first kappa shape index (κ1) is 20.2. The van der Waals surface area contributed by atoms with Gasteiger partial charge in [-0.05, 0) is 45.1 Å². The number of nitriles is 1. The Balaban J connectivity index is 1.72. The molecule has 1 aliphatic heterocycles. The van der Waals surface area contributed by atoms with Gasteiger partial charge in [-0.25, -0.2) is 0 Å². The number of hydrogen-bond acceptors (Lipinski definition) is 4. The second-order valence-electron chi connectivity index (χ2n) is 7.50. The zero-order chi connectivity index (χ0) is 19.4. The van der Waals surface area contributed by atoms with Gasteiger partial charge in [-0.15, -0.1) is 0 Å². The highest BCUT2D eigenvalue weighted by Crippen LogP contribution is 2.36. The van der Waals surface area contributed by atoms with Crippen LogP contribution >= 0.6 is 24.0 Å². The first-order chi connectivity index (χ1) is 13.0. The number of thioether (sulfide) groups is 1. The number of rotatable bonds is 4. The lowest BCUT2D eigenvalue weighted by Gasteiger charge is -2.27. The number of carbonyl (C=O) groups excluding carboxylic acids is 1. The predicted molar refractivity (Wildman–Crippen MR) is 115 cm³/mol. The van der Waals surface area contributed by atoms with Crippen LogP contribution in [0, 0.1) is 25.2 Å². The Hall–Kier alpha value is -1.52. The Morgan fingerprint density at radius 1 is 1.22 bits per heavy atom. The van der Waals surface area contributed by atoms with E-state index in [0.29, 0.717) is 17.4 Å². The summed E-state index contributed by atoms with van der Waals surface area (Å²) in [6.07, 6.45) is 8.24. The number of nitrogens with one attached hydrogen (secondary N) is 1. The number of hydrogen-bond donors (Lipinski definition) is 1. The highest BCUT2D eigenvalue weighted by atomic mass is 32.2. The van der Waals surface area contributed by atoms with Gasteiger partial charge in [0.2, 0.25) is 5.91 Å². The molecule has 1 aromatic rings. The van der Waals surface area contributed by atoms with Crippen molar-refractivity contribution in [2.75, 3.05) is 24.2 Å². The molecule has 0 unspecified atom stereocenters. The molecule has 2 fully saturated rings. The van der Waals surface area contributed by atoms with E-state index in [1.807, 2.05) is 6.92 Å². The molecular weight excluding hydrogens is 376 g/mol. The van der Waals surface area contributed by atoms with E-state index >= 15 is 0 Å². The molecule has 1 aliphatic carbocycles. The van der Waals surface area contributed by atoms with Crippen molar-refractivity contribution in [2.24, 2.45) is 0 Å². The molecule has 1 amide bonds. The summed E-state index contributed by atoms with van der Waals surface area (Å²) in [6, 6.07) is 2.67. The van der Waals surface area contributed by atoms with Gasteiger partial charge < -0.3 is 14.8 Å². The van der Waals surface area contributed by atoms with E-state index in [2.05, 4.69) is 27.8 Å². The largest absolute Gasteiger partial charge is 0.358 e. The summed E-state index contributed by atoms with van der Waals surface area (Å²) in [5.74, 6) is 0.874. The van der Waals surface area contributed by atoms with E-state index in [1.54, 1.807) is 0 Å². The topological polar surface area (TPSA) is 61.1 Å². The average molecular weight is 405 g/mol. The van der Waals surface area contributed by atoms with Crippen molar-refractivity contribution in [2.45, 2.75) is 64.8 Å². The van der Waals surface area contributed by atoms with Gasteiger partial charge in [0.15, 0.2) is 0 Å². The fourth-order valence-electron chi connectivity index (χ4n) is 4.17. The van der Waals surface area contributed by atoms with Crippen LogP contribution in [0.25, 0.3) is 0 Å². The third-order valence-electron chi connectivity index (χ3n) is 5.76. The Labute approximate surface area is 171 Å². The minimum atomic E-state index is -0.0902. The summed E-state index contributed by atoms with van der Waals surface area (Å²) in [4.78, 5) is 14.8. The quantitative estimate of drug-likeness (QED) is 0.747. The van der Waals surface area contributed by atoms with Gasteiger partial charge in [0.1, 0.15) is 16.2 Å². The normalized spacial score (nSPS) is 17.7. The van der Waals surface area contributed by atoms with Crippen molar-refractivity contribution in [3.63, 3.8) is 0 Å². The summed E-state index contributed by atoms with van der Waals surface area (Å²) in [6.45, 7) is 6.02. The lowest BCUT2D eigenvalue weighted by Crippen LogP contribution is -2.26. The van der Waals surface area contributed by atoms with Gasteiger partial charge in [-0.3, -0.25) is 4.79 Å². The second kappa shape index (κ2) is 9.11. The van der Waals surface area contributed by atoms with E-state index in [-0.39, 0.29) is 11.7 Å². The van der Waals surface area contributed by atoms with Crippen LogP contribution in [0.3, 0.4) is 0 Å². The third-order valence-corrected chi connectivity index (χ3v) is 7.28. The number of nitrogens with zero attached hydrogens (tertiary/aromatic N) is 3. The maximum Gasteiger partial charge on any atom is 0.235 e. The minimum Gasteiger partial charge on any atom is -0.358 e. The van der Waals surface area contributed by atoms with Crippen LogP contribution in [0.4, 0.5) is 5.82 Å². The lowest BCUT2D eigenvalue weighted by atomic mass is 9.95. The van der Waals surface area contributed by atoms with Crippen LogP contribution in [-0.2, 0) is 4.79 Å². The molecule has 1 saturated carbocycles. The summed E-state index contributed by atoms with van der Waals surface area (Å²) < 4.78 is 3.01. The average Bonchev–Trinajstić information content (AvgIpc) is 3.29. The van der Waals surface area contributed by atoms with Crippen molar-refractivity contribution in [3.05, 3.63) is 16.8 Å². The Morgan fingerprint density at radius 2 is 1.89 bits per heavy atom. The lowest BCUT2D eigenvalue weighted by molar-refractivity contribution is -0.113. The van der Waals surface area contributed by atoms with Crippen molar-refractivity contribution in [1.82, 2.24) is 9.47 Å². The van der Waals surface area contributed by atoms with Gasteiger partial charge in [0.25, 0.3) is 0 Å². The number of thiocarbonyl (C=S) groups is 1. The minimum absolute atomic E-state index is 0.0902. The van der Waals surface area contributed by atoms with Gasteiger partial charge in [-0.2, -0.15) is 5.26 Å². The molecule has 2 heterocycles. The maximum atomic E-state index is 12.6. The molecule has 3 rings (SSSR count). The molecule has 1 N–H and O–H groups in total. The van der Waals surface area contributed by atoms with E-state index < -0.39 is 0 Å². The van der Waals surface area contributed by atoms with E-state index in [4.69, 9.17) is 12.2 Å². The maximum absolute atomic E-state index is 12.6. The first-order valence-electron chi connectivity index (χ1n) is 9.86. The van der Waals surface area contributed by atoms with Crippen molar-refractivity contribution in [1.29, 1.82) is 5.26 Å². The molecule has 27 heavy (non-hydrogen) atoms. The Bertz CT molecular complexity index is 753. The third kappa shape index (κ3) is 4.49. The molecule has 1 saturated heterocycles. The van der Waals surface area contributed by atoms with Gasteiger partial charge >= 0.3 is 0 Å². The summed E-state index contributed by atoms with van der Waals surface area (Å²) >= 11 is 6.87. The van der Waals surface area contributed by atoms with Crippen molar-refractivity contribution >= 4 is 40.0 Å². The summed E-state index contributed by atoms with van der Waals surface area (Å²) in [7, 11) is 0.